The predicted octanol–water partition coefficient (Wildman–Crippen LogP) is 4.54. The normalized spacial score (nSPS) is 11.7. The van der Waals surface area contributed by atoms with Crippen molar-refractivity contribution in [3.63, 3.8) is 0 Å². The molecule has 2 N–H and O–H groups in total. The maximum Gasteiger partial charge on any atom is 0.252 e. The molecular weight excluding hydrogens is 426 g/mol. The molecule has 0 radical (unpaired) electrons. The molecule has 0 aliphatic rings. The number of hydrogen-bond acceptors (Lipinski definition) is 4. The minimum absolute atomic E-state index is 0.149. The molecule has 0 saturated heterocycles. The molecule has 3 rings (SSSR count). The highest BCUT2D eigenvalue weighted by Gasteiger charge is 2.22. The fourth-order valence-electron chi connectivity index (χ4n) is 3.44. The van der Waals surface area contributed by atoms with Crippen LogP contribution in [0.5, 0.6) is 0 Å². The summed E-state index contributed by atoms with van der Waals surface area (Å²) in [4.78, 5) is 42.6. The summed E-state index contributed by atoms with van der Waals surface area (Å²) in [5.74, 6) is -0.878. The average Bonchev–Trinajstić information content (AvgIpc) is 2.89. The Morgan fingerprint density at radius 2 is 1.62 bits per heavy atom. The maximum absolute atomic E-state index is 13.1. The maximum atomic E-state index is 13.1. The Kier molecular flexibility index (Phi) is 9.29. The van der Waals surface area contributed by atoms with Gasteiger partial charge in [0.25, 0.3) is 11.8 Å². The van der Waals surface area contributed by atoms with E-state index in [0.717, 1.165) is 24.1 Å². The minimum Gasteiger partial charge on any atom is -0.345 e. The van der Waals surface area contributed by atoms with Gasteiger partial charge >= 0.3 is 0 Å². The van der Waals surface area contributed by atoms with E-state index in [1.165, 1.54) is 0 Å². The van der Waals surface area contributed by atoms with Gasteiger partial charge in [-0.05, 0) is 48.4 Å². The van der Waals surface area contributed by atoms with Crippen molar-refractivity contribution in [2.75, 3.05) is 6.54 Å². The van der Waals surface area contributed by atoms with E-state index in [-0.39, 0.29) is 24.1 Å². The van der Waals surface area contributed by atoms with Crippen molar-refractivity contribution in [1.82, 2.24) is 15.6 Å². The zero-order valence-corrected chi connectivity index (χ0v) is 19.2. The number of ketones is 1. The van der Waals surface area contributed by atoms with Crippen LogP contribution < -0.4 is 10.6 Å². The van der Waals surface area contributed by atoms with E-state index in [2.05, 4.69) is 15.6 Å². The molecule has 34 heavy (non-hydrogen) atoms. The number of hydrogen-bond donors (Lipinski definition) is 2. The Morgan fingerprint density at radius 1 is 0.882 bits per heavy atom. The number of Topliss-reactive ketones (excluding diaryl/α,β-unsaturated/α-hetero) is 1. The van der Waals surface area contributed by atoms with Crippen molar-refractivity contribution < 1.29 is 14.4 Å². The van der Waals surface area contributed by atoms with Crippen LogP contribution in [-0.4, -0.2) is 35.2 Å². The lowest BCUT2D eigenvalue weighted by atomic mass is 10.0. The van der Waals surface area contributed by atoms with E-state index in [1.807, 2.05) is 55.5 Å². The molecule has 0 aliphatic carbocycles. The topological polar surface area (TPSA) is 88.2 Å². The standard InChI is InChI=1S/C28H29N3O3/c1-2-3-16-25(26(32)20-30-27(33)22-12-5-4-6-13-22)31-28(34)24-15-8-7-11-21(24)17-18-23-14-9-10-19-29-23/h4-15,17-19,25H,2-3,16,20H2,1H3,(H,30,33)(H,31,34)/t25-/m0/s1. The number of nitrogens with one attached hydrogen (secondary N) is 2. The van der Waals surface area contributed by atoms with Crippen molar-refractivity contribution in [3.8, 4) is 0 Å². The van der Waals surface area contributed by atoms with E-state index in [0.29, 0.717) is 17.5 Å². The summed E-state index contributed by atoms with van der Waals surface area (Å²) in [6.45, 7) is 1.88. The predicted molar refractivity (Wildman–Crippen MR) is 134 cm³/mol. The van der Waals surface area contributed by atoms with E-state index in [4.69, 9.17) is 0 Å². The van der Waals surface area contributed by atoms with Gasteiger partial charge in [0.05, 0.1) is 18.3 Å². The lowest BCUT2D eigenvalue weighted by Gasteiger charge is -2.18. The van der Waals surface area contributed by atoms with E-state index in [1.54, 1.807) is 42.6 Å². The van der Waals surface area contributed by atoms with Crippen LogP contribution in [0.1, 0.15) is 58.2 Å². The first-order valence-electron chi connectivity index (χ1n) is 11.4. The fraction of sp³-hybridized carbons (Fsp3) is 0.214. The monoisotopic (exact) mass is 455 g/mol. The number of amides is 2. The second-order valence-electron chi connectivity index (χ2n) is 7.86. The number of carbonyl (C=O) groups is 3. The van der Waals surface area contributed by atoms with Crippen molar-refractivity contribution in [1.29, 1.82) is 0 Å². The van der Waals surface area contributed by atoms with Crippen molar-refractivity contribution in [2.24, 2.45) is 0 Å². The second kappa shape index (κ2) is 12.8. The van der Waals surface area contributed by atoms with Crippen LogP contribution in [0.25, 0.3) is 12.2 Å². The summed E-state index contributed by atoms with van der Waals surface area (Å²) in [6.07, 6.45) is 7.56. The van der Waals surface area contributed by atoms with Gasteiger partial charge < -0.3 is 10.6 Å². The molecular formula is C28H29N3O3. The fourth-order valence-corrected chi connectivity index (χ4v) is 3.44. The molecule has 0 bridgehead atoms. The third-order valence-corrected chi connectivity index (χ3v) is 5.33. The van der Waals surface area contributed by atoms with Crippen LogP contribution in [0.3, 0.4) is 0 Å². The Bertz CT molecular complexity index is 1130. The lowest BCUT2D eigenvalue weighted by molar-refractivity contribution is -0.120. The van der Waals surface area contributed by atoms with Crippen molar-refractivity contribution in [2.45, 2.75) is 32.2 Å². The molecule has 1 aromatic heterocycles. The third kappa shape index (κ3) is 7.24. The highest BCUT2D eigenvalue weighted by Crippen LogP contribution is 2.14. The van der Waals surface area contributed by atoms with E-state index < -0.39 is 6.04 Å². The van der Waals surface area contributed by atoms with Gasteiger partial charge in [-0.2, -0.15) is 0 Å². The molecule has 1 atom stereocenters. The summed E-state index contributed by atoms with van der Waals surface area (Å²) in [6, 6.07) is 20.9. The summed E-state index contributed by atoms with van der Waals surface area (Å²) in [5.41, 5.74) is 2.46. The zero-order chi connectivity index (χ0) is 24.2. The largest absolute Gasteiger partial charge is 0.345 e. The smallest absolute Gasteiger partial charge is 0.252 e. The lowest BCUT2D eigenvalue weighted by Crippen LogP contribution is -2.45. The van der Waals surface area contributed by atoms with Crippen LogP contribution in [0, 0.1) is 0 Å². The number of unbranched alkanes of at least 4 members (excludes halogenated alkanes) is 1. The third-order valence-electron chi connectivity index (χ3n) is 5.33. The number of carbonyl (C=O) groups excluding carboxylic acids is 3. The van der Waals surface area contributed by atoms with Gasteiger partial charge in [-0.15, -0.1) is 0 Å². The molecule has 0 aliphatic heterocycles. The molecule has 0 spiro atoms. The summed E-state index contributed by atoms with van der Waals surface area (Å²) in [7, 11) is 0. The molecule has 0 fully saturated rings. The molecule has 0 unspecified atom stereocenters. The molecule has 174 valence electrons. The quantitative estimate of drug-likeness (QED) is 0.444. The van der Waals surface area contributed by atoms with Gasteiger partial charge in [-0.25, -0.2) is 0 Å². The molecule has 1 heterocycles. The molecule has 6 heteroatoms. The van der Waals surface area contributed by atoms with Crippen LogP contribution in [0.15, 0.2) is 79.0 Å². The van der Waals surface area contributed by atoms with Gasteiger partial charge in [0, 0.05) is 17.3 Å². The minimum atomic E-state index is -0.684. The Labute approximate surface area is 200 Å². The zero-order valence-electron chi connectivity index (χ0n) is 19.2. The van der Waals surface area contributed by atoms with Crippen LogP contribution in [-0.2, 0) is 4.79 Å². The highest BCUT2D eigenvalue weighted by atomic mass is 16.2. The Balaban J connectivity index is 1.68. The average molecular weight is 456 g/mol. The van der Waals surface area contributed by atoms with E-state index >= 15 is 0 Å². The second-order valence-corrected chi connectivity index (χ2v) is 7.86. The summed E-state index contributed by atoms with van der Waals surface area (Å²) >= 11 is 0. The SMILES string of the molecule is CCCC[C@H](NC(=O)c1ccccc1C=Cc1ccccn1)C(=O)CNC(=O)c1ccccc1. The van der Waals surface area contributed by atoms with Crippen LogP contribution in [0.2, 0.25) is 0 Å². The van der Waals surface area contributed by atoms with Crippen molar-refractivity contribution in [3.05, 3.63) is 101 Å². The van der Waals surface area contributed by atoms with Crippen LogP contribution in [0.4, 0.5) is 0 Å². The molecule has 6 nitrogen and oxygen atoms in total. The number of aromatic nitrogens is 1. The highest BCUT2D eigenvalue weighted by molar-refractivity contribution is 6.02. The number of nitrogens with zero attached hydrogens (tertiary/aromatic N) is 1. The van der Waals surface area contributed by atoms with Gasteiger partial charge in [-0.1, -0.05) is 68.3 Å². The molecule has 2 aromatic carbocycles. The van der Waals surface area contributed by atoms with Crippen LogP contribution >= 0.6 is 0 Å². The molecule has 2 amide bonds. The summed E-state index contributed by atoms with van der Waals surface area (Å²) in [5, 5.41) is 5.54. The van der Waals surface area contributed by atoms with E-state index in [9.17, 15) is 14.4 Å². The first-order chi connectivity index (χ1) is 16.6. The number of benzene rings is 2. The molecule has 3 aromatic rings. The molecule has 0 saturated carbocycles. The number of pyridine rings is 1. The van der Waals surface area contributed by atoms with Gasteiger partial charge in [0.15, 0.2) is 5.78 Å². The van der Waals surface area contributed by atoms with Gasteiger partial charge in [0.1, 0.15) is 0 Å². The first-order valence-corrected chi connectivity index (χ1v) is 11.4. The first kappa shape index (κ1) is 24.6. The summed E-state index contributed by atoms with van der Waals surface area (Å²) < 4.78 is 0. The Morgan fingerprint density at radius 3 is 2.35 bits per heavy atom. The van der Waals surface area contributed by atoms with Gasteiger partial charge in [-0.3, -0.25) is 19.4 Å². The van der Waals surface area contributed by atoms with Gasteiger partial charge in [0.2, 0.25) is 0 Å². The Hall–Kier alpha value is -4.06. The van der Waals surface area contributed by atoms with Crippen molar-refractivity contribution >= 4 is 29.7 Å². The number of rotatable bonds is 11.